The number of amides is 1. The monoisotopic (exact) mass is 453 g/mol. The highest BCUT2D eigenvalue weighted by Crippen LogP contribution is 2.32. The van der Waals surface area contributed by atoms with Crippen LogP contribution < -0.4 is 20.1 Å². The predicted octanol–water partition coefficient (Wildman–Crippen LogP) is 5.61. The molecule has 0 bridgehead atoms. The molecule has 1 aliphatic heterocycles. The zero-order valence-corrected chi connectivity index (χ0v) is 19.1. The first-order chi connectivity index (χ1) is 16.6. The molecule has 6 nitrogen and oxygen atoms in total. The van der Waals surface area contributed by atoms with Gasteiger partial charge in [0.2, 0.25) is 5.91 Å². The molecule has 2 N–H and O–H groups in total. The van der Waals surface area contributed by atoms with Gasteiger partial charge in [0, 0.05) is 22.8 Å². The third-order valence-electron chi connectivity index (χ3n) is 5.84. The number of carbonyl (C=O) groups is 1. The van der Waals surface area contributed by atoms with E-state index in [9.17, 15) is 4.79 Å². The molecule has 4 aromatic rings. The lowest BCUT2D eigenvalue weighted by atomic mass is 10.1. The molecule has 1 aromatic heterocycles. The summed E-state index contributed by atoms with van der Waals surface area (Å²) in [6, 6.07) is 25.1. The fraction of sp³-hybridized carbons (Fsp3) is 0.214. The molecule has 0 aliphatic carbocycles. The topological polar surface area (TPSA) is 72.5 Å². The van der Waals surface area contributed by atoms with Gasteiger partial charge < -0.3 is 20.1 Å². The summed E-state index contributed by atoms with van der Waals surface area (Å²) in [4.78, 5) is 16.9. The van der Waals surface area contributed by atoms with Gasteiger partial charge in [-0.05, 0) is 74.3 Å². The molecule has 0 radical (unpaired) electrons. The van der Waals surface area contributed by atoms with Crippen LogP contribution in [0.2, 0.25) is 0 Å². The van der Waals surface area contributed by atoms with Gasteiger partial charge in [0.15, 0.2) is 0 Å². The summed E-state index contributed by atoms with van der Waals surface area (Å²) in [5, 5.41) is 7.06. The molecule has 1 saturated heterocycles. The molecule has 5 rings (SSSR count). The quantitative estimate of drug-likeness (QED) is 0.381. The lowest BCUT2D eigenvalue weighted by Crippen LogP contribution is -2.35. The van der Waals surface area contributed by atoms with Crippen LogP contribution in [0, 0.1) is 6.92 Å². The second kappa shape index (κ2) is 9.93. The molecule has 1 fully saturated rings. The number of benzene rings is 3. The highest BCUT2D eigenvalue weighted by Gasteiger charge is 2.21. The van der Waals surface area contributed by atoms with Crippen LogP contribution in [0.25, 0.3) is 10.9 Å². The van der Waals surface area contributed by atoms with Crippen molar-refractivity contribution in [3.63, 3.8) is 0 Å². The van der Waals surface area contributed by atoms with E-state index in [0.717, 1.165) is 53.0 Å². The van der Waals surface area contributed by atoms with Gasteiger partial charge in [-0.25, -0.2) is 0 Å². The lowest BCUT2D eigenvalue weighted by molar-refractivity contribution is -0.117. The molecule has 34 heavy (non-hydrogen) atoms. The number of rotatable bonds is 7. The molecule has 2 heterocycles. The Morgan fingerprint density at radius 3 is 2.59 bits per heavy atom. The van der Waals surface area contributed by atoms with E-state index < -0.39 is 0 Å². The smallest absolute Gasteiger partial charge is 0.241 e. The van der Waals surface area contributed by atoms with Crippen molar-refractivity contribution in [2.45, 2.75) is 32.4 Å². The van der Waals surface area contributed by atoms with Crippen LogP contribution in [0.15, 0.2) is 78.9 Å². The largest absolute Gasteiger partial charge is 0.488 e. The molecule has 1 amide bonds. The summed E-state index contributed by atoms with van der Waals surface area (Å²) in [5.74, 6) is 2.15. The van der Waals surface area contributed by atoms with E-state index in [1.807, 2.05) is 85.8 Å². The van der Waals surface area contributed by atoms with Crippen molar-refractivity contribution in [3.8, 4) is 17.2 Å². The number of fused-ring (bicyclic) bond motifs is 1. The van der Waals surface area contributed by atoms with Crippen molar-refractivity contribution >= 4 is 22.5 Å². The molecule has 3 aromatic carbocycles. The number of hydrogen-bond donors (Lipinski definition) is 2. The lowest BCUT2D eigenvalue weighted by Gasteiger charge is -2.13. The normalized spacial score (nSPS) is 15.3. The van der Waals surface area contributed by atoms with Gasteiger partial charge in [-0.1, -0.05) is 30.3 Å². The second-order valence-corrected chi connectivity index (χ2v) is 8.48. The Kier molecular flexibility index (Phi) is 6.40. The number of nitrogens with one attached hydrogen (secondary N) is 2. The fourth-order valence-corrected chi connectivity index (χ4v) is 4.10. The molecule has 1 aliphatic rings. The molecule has 172 valence electrons. The second-order valence-electron chi connectivity index (χ2n) is 8.48. The van der Waals surface area contributed by atoms with E-state index in [1.165, 1.54) is 0 Å². The van der Waals surface area contributed by atoms with Crippen LogP contribution in [0.4, 0.5) is 5.69 Å². The number of anilines is 1. The van der Waals surface area contributed by atoms with Crippen LogP contribution in [0.5, 0.6) is 17.2 Å². The minimum atomic E-state index is -0.107. The van der Waals surface area contributed by atoms with E-state index in [0.29, 0.717) is 18.1 Å². The van der Waals surface area contributed by atoms with Crippen molar-refractivity contribution in [1.29, 1.82) is 0 Å². The maximum absolute atomic E-state index is 12.3. The molecule has 0 spiro atoms. The van der Waals surface area contributed by atoms with Gasteiger partial charge in [-0.15, -0.1) is 0 Å². The third-order valence-corrected chi connectivity index (χ3v) is 5.84. The van der Waals surface area contributed by atoms with Crippen LogP contribution >= 0.6 is 0 Å². The zero-order valence-electron chi connectivity index (χ0n) is 19.1. The Bertz CT molecular complexity index is 1280. The Morgan fingerprint density at radius 2 is 1.82 bits per heavy atom. The SMILES string of the molecule is Cc1cc(OCc2ccccc2)c2cc(Oc3ccc(NC(=O)[C@@H]4CCCN4)cc3)ccc2n1. The zero-order chi connectivity index (χ0) is 23.3. The van der Waals surface area contributed by atoms with Gasteiger partial charge in [0.05, 0.1) is 11.6 Å². The Balaban J connectivity index is 1.30. The first kappa shape index (κ1) is 21.9. The Morgan fingerprint density at radius 1 is 1.03 bits per heavy atom. The molecular weight excluding hydrogens is 426 g/mol. The van der Waals surface area contributed by atoms with Crippen molar-refractivity contribution in [2.24, 2.45) is 0 Å². The molecule has 0 saturated carbocycles. The summed E-state index contributed by atoms with van der Waals surface area (Å²) in [6.45, 7) is 3.33. The molecule has 6 heteroatoms. The molecule has 1 atom stereocenters. The summed E-state index contributed by atoms with van der Waals surface area (Å²) >= 11 is 0. The average Bonchev–Trinajstić information content (AvgIpc) is 3.40. The van der Waals surface area contributed by atoms with Crippen molar-refractivity contribution in [2.75, 3.05) is 11.9 Å². The molecule has 0 unspecified atom stereocenters. The number of pyridine rings is 1. The maximum Gasteiger partial charge on any atom is 0.241 e. The summed E-state index contributed by atoms with van der Waals surface area (Å²) in [6.07, 6.45) is 1.91. The number of nitrogens with zero attached hydrogens (tertiary/aromatic N) is 1. The number of aromatic nitrogens is 1. The van der Waals surface area contributed by atoms with Crippen LogP contribution in [-0.2, 0) is 11.4 Å². The summed E-state index contributed by atoms with van der Waals surface area (Å²) in [7, 11) is 0. The van der Waals surface area contributed by atoms with Crippen molar-refractivity contribution in [1.82, 2.24) is 10.3 Å². The third kappa shape index (κ3) is 5.18. The maximum atomic E-state index is 12.3. The average molecular weight is 454 g/mol. The van der Waals surface area contributed by atoms with Gasteiger partial charge in [-0.2, -0.15) is 0 Å². The Labute approximate surface area is 198 Å². The summed E-state index contributed by atoms with van der Waals surface area (Å²) in [5.41, 5.74) is 3.61. The number of carbonyl (C=O) groups excluding carboxylic acids is 1. The van der Waals surface area contributed by atoms with Gasteiger partial charge in [0.1, 0.15) is 23.9 Å². The van der Waals surface area contributed by atoms with Crippen molar-refractivity contribution < 1.29 is 14.3 Å². The van der Waals surface area contributed by atoms with Crippen LogP contribution in [-0.4, -0.2) is 23.5 Å². The first-order valence-electron chi connectivity index (χ1n) is 11.5. The number of hydrogen-bond acceptors (Lipinski definition) is 5. The Hall–Kier alpha value is -3.90. The standard InChI is InChI=1S/C28H27N3O3/c1-19-16-27(33-18-20-6-3-2-4-7-20)24-17-23(13-14-25(24)30-19)34-22-11-9-21(10-12-22)31-28(32)26-8-5-15-29-26/h2-4,6-7,9-14,16-17,26,29H,5,8,15,18H2,1H3,(H,31,32)/t26-/m0/s1. The number of aryl methyl sites for hydroxylation is 1. The van der Waals surface area contributed by atoms with E-state index >= 15 is 0 Å². The van der Waals surface area contributed by atoms with Crippen LogP contribution in [0.1, 0.15) is 24.1 Å². The highest BCUT2D eigenvalue weighted by molar-refractivity contribution is 5.95. The van der Waals surface area contributed by atoms with Gasteiger partial charge >= 0.3 is 0 Å². The first-order valence-corrected chi connectivity index (χ1v) is 11.5. The highest BCUT2D eigenvalue weighted by atomic mass is 16.5. The minimum Gasteiger partial charge on any atom is -0.488 e. The fourth-order valence-electron chi connectivity index (χ4n) is 4.10. The van der Waals surface area contributed by atoms with Crippen LogP contribution in [0.3, 0.4) is 0 Å². The summed E-state index contributed by atoms with van der Waals surface area (Å²) < 4.78 is 12.2. The number of ether oxygens (including phenoxy) is 2. The van der Waals surface area contributed by atoms with Gasteiger partial charge in [-0.3, -0.25) is 9.78 Å². The minimum absolute atomic E-state index is 0.00604. The van der Waals surface area contributed by atoms with Crippen molar-refractivity contribution in [3.05, 3.63) is 90.1 Å². The van der Waals surface area contributed by atoms with E-state index in [1.54, 1.807) is 0 Å². The molecular formula is C28H27N3O3. The predicted molar refractivity (Wildman–Crippen MR) is 133 cm³/mol. The van der Waals surface area contributed by atoms with E-state index in [-0.39, 0.29) is 11.9 Å². The van der Waals surface area contributed by atoms with E-state index in [2.05, 4.69) is 15.6 Å². The van der Waals surface area contributed by atoms with Gasteiger partial charge in [0.25, 0.3) is 0 Å². The van der Waals surface area contributed by atoms with E-state index in [4.69, 9.17) is 9.47 Å².